The van der Waals surface area contributed by atoms with Crippen molar-refractivity contribution in [3.8, 4) is 0 Å². The molecule has 0 amide bonds. The summed E-state index contributed by atoms with van der Waals surface area (Å²) in [6.07, 6.45) is 0. The van der Waals surface area contributed by atoms with Crippen molar-refractivity contribution in [2.75, 3.05) is 0 Å². The molecule has 0 bridgehead atoms. The molecule has 3 heteroatoms. The highest BCUT2D eigenvalue weighted by atomic mass is 28.5. The van der Waals surface area contributed by atoms with E-state index in [1.165, 1.54) is 0 Å². The highest BCUT2D eigenvalue weighted by Gasteiger charge is 2.44. The van der Waals surface area contributed by atoms with Gasteiger partial charge in [0.05, 0.1) is 0 Å². The zero-order valence-corrected chi connectivity index (χ0v) is 8.21. The van der Waals surface area contributed by atoms with Crippen LogP contribution in [0.1, 0.15) is 0 Å². The molecule has 48 valence electrons. The molecule has 1 aliphatic heterocycles. The summed E-state index contributed by atoms with van der Waals surface area (Å²) in [5.41, 5.74) is 1.57. The van der Waals surface area contributed by atoms with Gasteiger partial charge in [0.1, 0.15) is 16.5 Å². The molecule has 0 aliphatic carbocycles. The summed E-state index contributed by atoms with van der Waals surface area (Å²) in [4.78, 5) is 0. The van der Waals surface area contributed by atoms with Gasteiger partial charge in [-0.2, -0.15) is 0 Å². The Morgan fingerprint density at radius 3 is 1.25 bits per heavy atom. The quantitative estimate of drug-likeness (QED) is 0.510. The van der Waals surface area contributed by atoms with Gasteiger partial charge in [-0.1, -0.05) is 26.2 Å². The van der Waals surface area contributed by atoms with E-state index in [-0.39, 0.29) is 0 Å². The monoisotopic (exact) mass is 145 g/mol. The van der Waals surface area contributed by atoms with E-state index in [0.717, 1.165) is 0 Å². The first-order valence-corrected chi connectivity index (χ1v) is 9.62. The van der Waals surface area contributed by atoms with E-state index < -0.39 is 16.5 Å². The van der Waals surface area contributed by atoms with Crippen LogP contribution in [0.15, 0.2) is 0 Å². The van der Waals surface area contributed by atoms with Gasteiger partial charge < -0.3 is 4.65 Å². The Kier molecular flexibility index (Phi) is 1.19. The van der Waals surface area contributed by atoms with E-state index in [1.54, 1.807) is 5.67 Å². The van der Waals surface area contributed by atoms with Gasteiger partial charge in [0, 0.05) is 0 Å². The van der Waals surface area contributed by atoms with Crippen LogP contribution in [0, 0.1) is 0 Å². The van der Waals surface area contributed by atoms with Crippen molar-refractivity contribution in [3.05, 3.63) is 0 Å². The van der Waals surface area contributed by atoms with Crippen molar-refractivity contribution in [3.63, 3.8) is 0 Å². The second-order valence-corrected chi connectivity index (χ2v) is 14.0. The summed E-state index contributed by atoms with van der Waals surface area (Å²) < 4.78 is 3.74. The van der Waals surface area contributed by atoms with Gasteiger partial charge in [-0.05, 0) is 5.67 Å². The first-order valence-electron chi connectivity index (χ1n) is 3.21. The zero-order chi connectivity index (χ0) is 6.41. The molecule has 0 spiro atoms. The van der Waals surface area contributed by atoms with Crippen LogP contribution in [0.25, 0.3) is 0 Å². The van der Waals surface area contributed by atoms with Gasteiger partial charge in [0.15, 0.2) is 0 Å². The molecular weight excluding hydrogens is 130 g/mol. The second-order valence-electron chi connectivity index (χ2n) is 4.07. The maximum Gasteiger partial charge on any atom is 0.111 e. The molecule has 0 radical (unpaired) electrons. The Morgan fingerprint density at radius 1 is 1.00 bits per heavy atom. The molecule has 1 nitrogen and oxygen atoms in total. The van der Waals surface area contributed by atoms with Crippen LogP contribution in [0.5, 0.6) is 0 Å². The lowest BCUT2D eigenvalue weighted by Gasteiger charge is -2.48. The Labute approximate surface area is 53.7 Å². The maximum absolute atomic E-state index is 3.74. The molecule has 1 fully saturated rings. The molecular formula is C5H15NSi2. The van der Waals surface area contributed by atoms with E-state index in [0.29, 0.717) is 0 Å². The summed E-state index contributed by atoms with van der Waals surface area (Å²) in [6.45, 7) is 9.63. The van der Waals surface area contributed by atoms with E-state index in [9.17, 15) is 0 Å². The Hall–Kier alpha value is 0.394. The van der Waals surface area contributed by atoms with Crippen molar-refractivity contribution in [1.82, 2.24) is 4.65 Å². The summed E-state index contributed by atoms with van der Waals surface area (Å²) in [5.74, 6) is 0. The lowest BCUT2D eigenvalue weighted by Crippen LogP contribution is -2.73. The number of rotatable bonds is 0. The van der Waals surface area contributed by atoms with E-state index in [4.69, 9.17) is 0 Å². The van der Waals surface area contributed by atoms with Gasteiger partial charge in [-0.25, -0.2) is 0 Å². The molecule has 1 N–H and O–H groups in total. The summed E-state index contributed by atoms with van der Waals surface area (Å²) in [5, 5.41) is 0. The third kappa shape index (κ3) is 1.21. The fourth-order valence-corrected chi connectivity index (χ4v) is 18.0. The third-order valence-corrected chi connectivity index (χ3v) is 14.0. The van der Waals surface area contributed by atoms with Crippen molar-refractivity contribution >= 4 is 16.5 Å². The maximum atomic E-state index is 3.74. The molecule has 0 atom stereocenters. The van der Waals surface area contributed by atoms with Crippen LogP contribution < -0.4 is 4.65 Å². The van der Waals surface area contributed by atoms with E-state index in [1.807, 2.05) is 0 Å². The summed E-state index contributed by atoms with van der Waals surface area (Å²) in [7, 11) is -1.55. The summed E-state index contributed by atoms with van der Waals surface area (Å²) in [6, 6.07) is 0. The van der Waals surface area contributed by atoms with Gasteiger partial charge in [0.2, 0.25) is 0 Å². The molecule has 0 aromatic heterocycles. The molecule has 0 aromatic carbocycles. The van der Waals surface area contributed by atoms with Crippen LogP contribution in [0.2, 0.25) is 31.9 Å². The SMILES string of the molecule is C[Si]1(C)C[Si](C)(C)N1. The second kappa shape index (κ2) is 1.46. The molecule has 0 unspecified atom stereocenters. The van der Waals surface area contributed by atoms with Crippen LogP contribution in [0.4, 0.5) is 0 Å². The van der Waals surface area contributed by atoms with Crippen molar-refractivity contribution in [1.29, 1.82) is 0 Å². The fourth-order valence-electron chi connectivity index (χ4n) is 2.00. The van der Waals surface area contributed by atoms with Crippen LogP contribution in [-0.4, -0.2) is 16.5 Å². The standard InChI is InChI=1S/C5H15NSi2/c1-7(2)5-8(3,4)6-7/h6H,5H2,1-4H3. The number of nitrogens with one attached hydrogen (secondary N) is 1. The van der Waals surface area contributed by atoms with Crippen LogP contribution in [-0.2, 0) is 0 Å². The molecule has 0 saturated carbocycles. The van der Waals surface area contributed by atoms with Crippen molar-refractivity contribution in [2.24, 2.45) is 0 Å². The lowest BCUT2D eigenvalue weighted by molar-refractivity contribution is 1.16. The summed E-state index contributed by atoms with van der Waals surface area (Å²) >= 11 is 0. The predicted octanol–water partition coefficient (Wildman–Crippen LogP) is 1.54. The average molecular weight is 145 g/mol. The molecule has 0 aromatic rings. The highest BCUT2D eigenvalue weighted by molar-refractivity contribution is 7.08. The molecule has 1 saturated heterocycles. The van der Waals surface area contributed by atoms with Gasteiger partial charge >= 0.3 is 0 Å². The minimum Gasteiger partial charge on any atom is -0.360 e. The number of hydrogen-bond acceptors (Lipinski definition) is 1. The van der Waals surface area contributed by atoms with Gasteiger partial charge in [-0.15, -0.1) is 0 Å². The van der Waals surface area contributed by atoms with Gasteiger partial charge in [-0.3, -0.25) is 0 Å². The van der Waals surface area contributed by atoms with Crippen LogP contribution >= 0.6 is 0 Å². The Bertz CT molecular complexity index is 87.0. The minimum atomic E-state index is -0.774. The van der Waals surface area contributed by atoms with Gasteiger partial charge in [0.25, 0.3) is 0 Å². The topological polar surface area (TPSA) is 12.0 Å². The Morgan fingerprint density at radius 2 is 1.25 bits per heavy atom. The molecule has 1 heterocycles. The Balaban J connectivity index is 2.42. The van der Waals surface area contributed by atoms with E-state index in [2.05, 4.69) is 30.8 Å². The van der Waals surface area contributed by atoms with E-state index >= 15 is 0 Å². The zero-order valence-electron chi connectivity index (χ0n) is 6.21. The average Bonchev–Trinajstić information content (AvgIpc) is 1.20. The van der Waals surface area contributed by atoms with Crippen molar-refractivity contribution < 1.29 is 0 Å². The fraction of sp³-hybridized carbons (Fsp3) is 1.00. The third-order valence-electron chi connectivity index (χ3n) is 1.56. The predicted molar refractivity (Wildman–Crippen MR) is 42.9 cm³/mol. The van der Waals surface area contributed by atoms with Crippen molar-refractivity contribution in [2.45, 2.75) is 31.9 Å². The molecule has 1 aliphatic rings. The molecule has 1 rings (SSSR count). The van der Waals surface area contributed by atoms with Crippen LogP contribution in [0.3, 0.4) is 0 Å². The first kappa shape index (κ1) is 6.51. The minimum absolute atomic E-state index is 0.774. The normalized spacial score (nSPS) is 31.5. The largest absolute Gasteiger partial charge is 0.360 e. The lowest BCUT2D eigenvalue weighted by atomic mass is 11.8. The smallest absolute Gasteiger partial charge is 0.111 e. The molecule has 8 heavy (non-hydrogen) atoms. The first-order chi connectivity index (χ1) is 3.41. The highest BCUT2D eigenvalue weighted by Crippen LogP contribution is 2.26. The number of hydrogen-bond donors (Lipinski definition) is 1.